The van der Waals surface area contributed by atoms with Crippen molar-refractivity contribution >= 4 is 5.91 Å². The number of allylic oxidation sites excluding steroid dienone is 27. The Bertz CT molecular complexity index is 2550. The van der Waals surface area contributed by atoms with Crippen molar-refractivity contribution in [3.8, 4) is 0 Å². The van der Waals surface area contributed by atoms with E-state index in [1.54, 1.807) is 6.08 Å². The van der Waals surface area contributed by atoms with Gasteiger partial charge in [-0.2, -0.15) is 0 Å². The fourth-order valence-electron chi connectivity index (χ4n) is 12.0. The van der Waals surface area contributed by atoms with Crippen molar-refractivity contribution in [3.63, 3.8) is 0 Å². The normalized spacial score (nSPS) is 26.9. The van der Waals surface area contributed by atoms with E-state index in [4.69, 9.17) is 28.4 Å². The van der Waals surface area contributed by atoms with Crippen LogP contribution in [0.25, 0.3) is 0 Å². The van der Waals surface area contributed by atoms with Crippen molar-refractivity contribution in [1.82, 2.24) is 5.32 Å². The molecule has 17 atom stereocenters. The highest BCUT2D eigenvalue weighted by Gasteiger charge is 2.53. The molecule has 104 heavy (non-hydrogen) atoms. The summed E-state index contributed by atoms with van der Waals surface area (Å²) in [6.07, 6.45) is 67.6. The lowest BCUT2D eigenvalue weighted by molar-refractivity contribution is -0.379. The summed E-state index contributed by atoms with van der Waals surface area (Å²) in [4.78, 5) is 13.4. The fourth-order valence-corrected chi connectivity index (χ4v) is 12.0. The SMILES string of the molecule is CC/C=C\C/C=C\C/C=C\C/C=C\C/C=C\C/C=C\C/C=C\C/C=C\C/C=C\C/C=C\C/C=C\C/C=C\CCCCCCC(=O)NC(COC1OC(CO)C(OC2OC(CO)C(OC3OC(CO)C(O)C(O)C3O)C(O)C2O)C(O)C1O)C(O)/C=C/CC/C=C/CCCCCCCCCCCCCC. The predicted molar refractivity (Wildman–Crippen MR) is 415 cm³/mol. The van der Waals surface area contributed by atoms with E-state index in [-0.39, 0.29) is 18.9 Å². The first kappa shape index (κ1) is 93.4. The summed E-state index contributed by atoms with van der Waals surface area (Å²) in [5.74, 6) is -0.317. The van der Waals surface area contributed by atoms with Crippen LogP contribution in [0.2, 0.25) is 0 Å². The van der Waals surface area contributed by atoms with Crippen LogP contribution >= 0.6 is 0 Å². The topological polar surface area (TPSA) is 307 Å². The van der Waals surface area contributed by atoms with Gasteiger partial charge in [-0.3, -0.25) is 4.79 Å². The molecule has 0 aromatic carbocycles. The van der Waals surface area contributed by atoms with Gasteiger partial charge >= 0.3 is 0 Å². The number of rotatable bonds is 59. The smallest absolute Gasteiger partial charge is 0.220 e. The van der Waals surface area contributed by atoms with Gasteiger partial charge in [-0.1, -0.05) is 267 Å². The molecule has 3 rings (SSSR count). The van der Waals surface area contributed by atoms with Crippen LogP contribution in [-0.2, 0) is 33.2 Å². The van der Waals surface area contributed by atoms with Crippen molar-refractivity contribution in [2.24, 2.45) is 0 Å². The fraction of sp³-hybridized carbons (Fsp3) is 0.659. The summed E-state index contributed by atoms with van der Waals surface area (Å²) >= 11 is 0. The molecule has 3 aliphatic rings. The lowest BCUT2D eigenvalue weighted by Crippen LogP contribution is -2.66. The maximum Gasteiger partial charge on any atom is 0.220 e. The summed E-state index contributed by atoms with van der Waals surface area (Å²) in [6, 6.07) is -1.02. The number of hydrogen-bond acceptors (Lipinski definition) is 18. The molecule has 0 aliphatic carbocycles. The number of nitrogens with one attached hydrogen (secondary N) is 1. The van der Waals surface area contributed by atoms with Gasteiger partial charge in [-0.05, 0) is 122 Å². The Labute approximate surface area is 624 Å². The quantitative estimate of drug-likeness (QED) is 0.0199. The Balaban J connectivity index is 1.37. The van der Waals surface area contributed by atoms with E-state index >= 15 is 0 Å². The molecule has 0 saturated carbocycles. The molecule has 0 bridgehead atoms. The minimum absolute atomic E-state index is 0.194. The van der Waals surface area contributed by atoms with E-state index in [9.17, 15) is 61.0 Å². The highest BCUT2D eigenvalue weighted by molar-refractivity contribution is 5.76. The maximum absolute atomic E-state index is 13.4. The van der Waals surface area contributed by atoms with Gasteiger partial charge in [0.25, 0.3) is 0 Å². The van der Waals surface area contributed by atoms with E-state index in [0.29, 0.717) is 12.8 Å². The second-order valence-corrected chi connectivity index (χ2v) is 27.1. The molecule has 0 spiro atoms. The van der Waals surface area contributed by atoms with Crippen LogP contribution in [0.3, 0.4) is 0 Å². The number of unbranched alkanes of at least 4 members (excludes halogenated alkanes) is 17. The summed E-state index contributed by atoms with van der Waals surface area (Å²) in [5.41, 5.74) is 0. The third kappa shape index (κ3) is 42.6. The number of carbonyl (C=O) groups excluding carboxylic acids is 1. The third-order valence-corrected chi connectivity index (χ3v) is 18.2. The van der Waals surface area contributed by atoms with E-state index in [2.05, 4.69) is 177 Å². The Kier molecular flexibility index (Phi) is 56.7. The summed E-state index contributed by atoms with van der Waals surface area (Å²) in [6.45, 7) is 1.56. The van der Waals surface area contributed by atoms with Gasteiger partial charge in [0.2, 0.25) is 5.91 Å². The molecule has 0 radical (unpaired) electrons. The van der Waals surface area contributed by atoms with Crippen LogP contribution in [-0.4, -0.2) is 193 Å². The van der Waals surface area contributed by atoms with Gasteiger partial charge in [-0.15, -0.1) is 0 Å². The molecule has 19 heteroatoms. The van der Waals surface area contributed by atoms with Gasteiger partial charge in [0, 0.05) is 6.42 Å². The lowest BCUT2D eigenvalue weighted by atomic mass is 9.96. The van der Waals surface area contributed by atoms with Crippen molar-refractivity contribution < 1.29 is 89.4 Å². The van der Waals surface area contributed by atoms with E-state index in [0.717, 1.165) is 122 Å². The molecule has 3 aliphatic heterocycles. The second-order valence-electron chi connectivity index (χ2n) is 27.1. The van der Waals surface area contributed by atoms with Crippen LogP contribution in [0.5, 0.6) is 0 Å². The average molecular weight is 1460 g/mol. The molecule has 590 valence electrons. The number of carbonyl (C=O) groups is 1. The zero-order valence-electron chi connectivity index (χ0n) is 62.9. The van der Waals surface area contributed by atoms with Crippen LogP contribution < -0.4 is 5.32 Å². The summed E-state index contributed by atoms with van der Waals surface area (Å²) in [5, 5.41) is 121. The van der Waals surface area contributed by atoms with E-state index < -0.39 is 124 Å². The number of aliphatic hydroxyl groups is 11. The van der Waals surface area contributed by atoms with E-state index in [1.807, 2.05) is 6.08 Å². The van der Waals surface area contributed by atoms with Crippen molar-refractivity contribution in [2.45, 2.75) is 330 Å². The number of ether oxygens (including phenoxy) is 6. The molecular formula is C85H137NO18. The molecule has 1 amide bonds. The zero-order chi connectivity index (χ0) is 75.3. The molecule has 3 heterocycles. The molecule has 3 saturated heterocycles. The van der Waals surface area contributed by atoms with Crippen molar-refractivity contribution in [1.29, 1.82) is 0 Å². The predicted octanol–water partition coefficient (Wildman–Crippen LogP) is 13.0. The number of hydrogen-bond donors (Lipinski definition) is 12. The standard InChI is InChI=1S/C85H137NO18/c1-3-5-7-9-11-13-15-17-19-21-23-24-25-26-27-28-29-30-31-32-33-34-35-36-37-38-39-40-41-42-43-44-45-47-49-51-53-55-57-59-61-63-73(91)86-68(69(90)62-60-58-56-54-52-50-48-46-22-20-18-16-14-12-10-8-6-4-2)67-99-83-79(97)76(94)81(71(65-88)101-83)104-85-80(98)77(95)82(72(66-89)102-85)103-84-78(96)75(93)74(92)70(64-87)100-84/h5,7,11,13,17,19,23-24,26-27,29-30,32-33,35-36,38-39,41-42,44-45,49,51-52,54,60,62,68-72,74-85,87-90,92-98H,3-4,6,8-10,12,14-16,18,20-22,25,28,31,34,37,40,43,46-48,50,53,55-59,61,63-67H2,1-2H3,(H,86,91)/b7-5-,13-11-,19-17-,24-23-,27-26-,30-29-,33-32-,36-35-,39-38-,42-41-,45-44-,51-49-,54-52+,62-60+. The first-order valence-electron chi connectivity index (χ1n) is 39.4. The van der Waals surface area contributed by atoms with Gasteiger partial charge < -0.3 is 89.9 Å². The number of aliphatic hydroxyl groups excluding tert-OH is 11. The molecule has 12 N–H and O–H groups in total. The minimum Gasteiger partial charge on any atom is -0.394 e. The largest absolute Gasteiger partial charge is 0.394 e. The molecule has 17 unspecified atom stereocenters. The van der Waals surface area contributed by atoms with Crippen LogP contribution in [0, 0.1) is 0 Å². The van der Waals surface area contributed by atoms with Gasteiger partial charge in [-0.25, -0.2) is 0 Å². The Morgan fingerprint density at radius 3 is 1.08 bits per heavy atom. The molecule has 3 fully saturated rings. The Morgan fingerprint density at radius 2 is 0.673 bits per heavy atom. The van der Waals surface area contributed by atoms with Crippen LogP contribution in [0.4, 0.5) is 0 Å². The Morgan fingerprint density at radius 1 is 0.356 bits per heavy atom. The summed E-state index contributed by atoms with van der Waals surface area (Å²) in [7, 11) is 0. The number of amides is 1. The second kappa shape index (κ2) is 63.1. The highest BCUT2D eigenvalue weighted by Crippen LogP contribution is 2.33. The zero-order valence-corrected chi connectivity index (χ0v) is 62.9. The first-order valence-corrected chi connectivity index (χ1v) is 39.4. The molecule has 0 aromatic heterocycles. The van der Waals surface area contributed by atoms with Gasteiger partial charge in [0.1, 0.15) is 73.2 Å². The van der Waals surface area contributed by atoms with Gasteiger partial charge in [0.05, 0.1) is 38.6 Å². The maximum atomic E-state index is 13.4. The van der Waals surface area contributed by atoms with Crippen LogP contribution in [0.15, 0.2) is 170 Å². The van der Waals surface area contributed by atoms with Crippen molar-refractivity contribution in [2.75, 3.05) is 26.4 Å². The van der Waals surface area contributed by atoms with E-state index in [1.165, 1.54) is 70.6 Å². The third-order valence-electron chi connectivity index (χ3n) is 18.2. The first-order chi connectivity index (χ1) is 50.8. The molecular weight excluding hydrogens is 1320 g/mol. The van der Waals surface area contributed by atoms with Crippen molar-refractivity contribution in [3.05, 3.63) is 170 Å². The average Bonchev–Trinajstić information content (AvgIpc) is 0.783. The summed E-state index contributed by atoms with van der Waals surface area (Å²) < 4.78 is 34.4. The van der Waals surface area contributed by atoms with Gasteiger partial charge in [0.15, 0.2) is 18.9 Å². The minimum atomic E-state index is -1.99. The monoisotopic (exact) mass is 1460 g/mol. The lowest BCUT2D eigenvalue weighted by Gasteiger charge is -2.48. The highest BCUT2D eigenvalue weighted by atomic mass is 16.8. The Hall–Kier alpha value is -4.85. The molecule has 0 aromatic rings. The molecule has 19 nitrogen and oxygen atoms in total. The van der Waals surface area contributed by atoms with Crippen LogP contribution in [0.1, 0.15) is 226 Å².